The number of hydrogen-bond donors (Lipinski definition) is 1. The Morgan fingerprint density at radius 3 is 2.70 bits per heavy atom. The highest BCUT2D eigenvalue weighted by Gasteiger charge is 2.36. The van der Waals surface area contributed by atoms with Crippen molar-refractivity contribution < 1.29 is 13.3 Å². The van der Waals surface area contributed by atoms with Crippen molar-refractivity contribution in [1.82, 2.24) is 9.62 Å². The molecule has 130 valence electrons. The van der Waals surface area contributed by atoms with Crippen molar-refractivity contribution in [3.05, 3.63) is 32.8 Å². The summed E-state index contributed by atoms with van der Waals surface area (Å²) in [6, 6.07) is 2.23. The molecule has 1 aromatic rings. The van der Waals surface area contributed by atoms with Gasteiger partial charge in [0.05, 0.1) is 14.8 Å². The lowest BCUT2D eigenvalue weighted by Crippen LogP contribution is -2.40. The number of nitrogens with zero attached hydrogens (tertiary/aromatic N) is 2. The highest BCUT2D eigenvalue weighted by atomic mass is 35.5. The summed E-state index contributed by atoms with van der Waals surface area (Å²) in [6.45, 7) is 2.45. The van der Waals surface area contributed by atoms with Gasteiger partial charge in [-0.2, -0.15) is 4.31 Å². The predicted octanol–water partition coefficient (Wildman–Crippen LogP) is 2.35. The molecule has 1 aromatic carbocycles. The molecule has 1 saturated heterocycles. The molecule has 1 aliphatic rings. The summed E-state index contributed by atoms with van der Waals surface area (Å²) in [5.74, 6) is 0. The number of sulfonamides is 1. The van der Waals surface area contributed by atoms with E-state index in [0.717, 1.165) is 18.9 Å². The summed E-state index contributed by atoms with van der Waals surface area (Å²) in [5.41, 5.74) is -0.0192. The van der Waals surface area contributed by atoms with Crippen LogP contribution in [-0.4, -0.2) is 43.8 Å². The molecule has 0 bridgehead atoms. The Morgan fingerprint density at radius 2 is 2.13 bits per heavy atom. The Morgan fingerprint density at radius 1 is 1.48 bits per heavy atom. The van der Waals surface area contributed by atoms with E-state index in [9.17, 15) is 18.5 Å². The molecular weight excluding hydrogens is 365 g/mol. The Balaban J connectivity index is 0.00000264. The van der Waals surface area contributed by atoms with Gasteiger partial charge in [0.1, 0.15) is 0 Å². The zero-order valence-electron chi connectivity index (χ0n) is 12.8. The van der Waals surface area contributed by atoms with Gasteiger partial charge in [0.15, 0.2) is 0 Å². The molecule has 0 amide bonds. The predicted molar refractivity (Wildman–Crippen MR) is 90.9 cm³/mol. The number of nitrogens with one attached hydrogen (secondary N) is 1. The van der Waals surface area contributed by atoms with Crippen LogP contribution in [0.15, 0.2) is 17.0 Å². The Labute approximate surface area is 146 Å². The molecule has 0 aliphatic carbocycles. The van der Waals surface area contributed by atoms with Gasteiger partial charge < -0.3 is 5.32 Å². The van der Waals surface area contributed by atoms with Crippen molar-refractivity contribution in [1.29, 1.82) is 0 Å². The minimum absolute atomic E-state index is 0. The van der Waals surface area contributed by atoms with Crippen LogP contribution in [0.3, 0.4) is 0 Å². The molecule has 1 fully saturated rings. The van der Waals surface area contributed by atoms with Crippen LogP contribution in [0.5, 0.6) is 0 Å². The van der Waals surface area contributed by atoms with Gasteiger partial charge in [0, 0.05) is 30.8 Å². The second-order valence-corrected chi connectivity index (χ2v) is 7.57. The van der Waals surface area contributed by atoms with E-state index in [0.29, 0.717) is 13.1 Å². The Hall–Kier alpha value is -0.930. The maximum atomic E-state index is 12.8. The standard InChI is InChI=1S/C13H18ClN3O4S.ClH/c1-9-12(14)6-11(7-13(9)17(18)19)22(20,21)16-5-3-4-10(16)8-15-2;/h6-7,10,15H,3-5,8H2,1-2H3;1H. The number of rotatable bonds is 5. The summed E-state index contributed by atoms with van der Waals surface area (Å²) in [6.07, 6.45) is 1.54. The number of benzene rings is 1. The van der Waals surface area contributed by atoms with Crippen LogP contribution in [0.25, 0.3) is 0 Å². The van der Waals surface area contributed by atoms with Crippen molar-refractivity contribution in [2.24, 2.45) is 0 Å². The molecule has 1 heterocycles. The maximum absolute atomic E-state index is 12.8. The van der Waals surface area contributed by atoms with Gasteiger partial charge in [-0.25, -0.2) is 8.42 Å². The topological polar surface area (TPSA) is 92.6 Å². The van der Waals surface area contributed by atoms with E-state index < -0.39 is 14.9 Å². The fraction of sp³-hybridized carbons (Fsp3) is 0.538. The summed E-state index contributed by atoms with van der Waals surface area (Å²) >= 11 is 5.97. The zero-order valence-corrected chi connectivity index (χ0v) is 15.2. The van der Waals surface area contributed by atoms with Crippen molar-refractivity contribution >= 4 is 39.7 Å². The van der Waals surface area contributed by atoms with Crippen LogP contribution in [0.1, 0.15) is 18.4 Å². The summed E-state index contributed by atoms with van der Waals surface area (Å²) < 4.78 is 26.9. The number of halogens is 2. The second-order valence-electron chi connectivity index (χ2n) is 5.28. The average Bonchev–Trinajstić information content (AvgIpc) is 2.90. The van der Waals surface area contributed by atoms with E-state index in [1.165, 1.54) is 17.3 Å². The molecule has 23 heavy (non-hydrogen) atoms. The third kappa shape index (κ3) is 3.95. The minimum atomic E-state index is -3.80. The summed E-state index contributed by atoms with van der Waals surface area (Å²) in [7, 11) is -2.04. The fourth-order valence-corrected chi connectivity index (χ4v) is 4.70. The lowest BCUT2D eigenvalue weighted by Gasteiger charge is -2.24. The first kappa shape index (κ1) is 20.1. The molecule has 7 nitrogen and oxygen atoms in total. The Kier molecular flexibility index (Phi) is 6.79. The Bertz CT molecular complexity index is 697. The van der Waals surface area contributed by atoms with Gasteiger partial charge in [0.2, 0.25) is 10.0 Å². The largest absolute Gasteiger partial charge is 0.318 e. The van der Waals surface area contributed by atoms with E-state index >= 15 is 0 Å². The molecule has 1 aliphatic heterocycles. The minimum Gasteiger partial charge on any atom is -0.318 e. The normalized spacial score (nSPS) is 18.7. The summed E-state index contributed by atoms with van der Waals surface area (Å²) in [5, 5.41) is 14.1. The van der Waals surface area contributed by atoms with Crippen molar-refractivity contribution in [3.8, 4) is 0 Å². The van der Waals surface area contributed by atoms with Gasteiger partial charge in [-0.05, 0) is 32.9 Å². The first-order valence-electron chi connectivity index (χ1n) is 6.90. The maximum Gasteiger partial charge on any atom is 0.275 e. The number of nitro groups is 1. The first-order valence-corrected chi connectivity index (χ1v) is 8.71. The molecule has 1 N–H and O–H groups in total. The average molecular weight is 384 g/mol. The summed E-state index contributed by atoms with van der Waals surface area (Å²) in [4.78, 5) is 10.3. The van der Waals surface area contributed by atoms with Crippen LogP contribution in [0.4, 0.5) is 5.69 Å². The lowest BCUT2D eigenvalue weighted by molar-refractivity contribution is -0.385. The molecule has 1 unspecified atom stereocenters. The highest BCUT2D eigenvalue weighted by Crippen LogP contribution is 2.33. The van der Waals surface area contributed by atoms with Crippen LogP contribution in [0, 0.1) is 17.0 Å². The highest BCUT2D eigenvalue weighted by molar-refractivity contribution is 7.89. The van der Waals surface area contributed by atoms with Crippen LogP contribution in [0.2, 0.25) is 5.02 Å². The fourth-order valence-electron chi connectivity index (χ4n) is 2.68. The number of likely N-dealkylation sites (N-methyl/N-ethyl adjacent to an activating group) is 1. The number of nitro benzene ring substituents is 1. The number of hydrogen-bond acceptors (Lipinski definition) is 5. The quantitative estimate of drug-likeness (QED) is 0.622. The molecule has 2 rings (SSSR count). The molecule has 0 radical (unpaired) electrons. The SMILES string of the molecule is CNCC1CCCN1S(=O)(=O)c1cc(Cl)c(C)c([N+](=O)[O-])c1.Cl. The zero-order chi connectivity index (χ0) is 16.5. The van der Waals surface area contributed by atoms with Gasteiger partial charge in [-0.3, -0.25) is 10.1 Å². The van der Waals surface area contributed by atoms with E-state index in [-0.39, 0.29) is 39.6 Å². The van der Waals surface area contributed by atoms with Gasteiger partial charge in [-0.15, -0.1) is 12.4 Å². The molecule has 0 spiro atoms. The smallest absolute Gasteiger partial charge is 0.275 e. The monoisotopic (exact) mass is 383 g/mol. The van der Waals surface area contributed by atoms with Crippen molar-refractivity contribution in [3.63, 3.8) is 0 Å². The third-order valence-corrected chi connectivity index (χ3v) is 6.18. The van der Waals surface area contributed by atoms with Crippen molar-refractivity contribution in [2.75, 3.05) is 20.1 Å². The van der Waals surface area contributed by atoms with Crippen molar-refractivity contribution in [2.45, 2.75) is 30.7 Å². The lowest BCUT2D eigenvalue weighted by atomic mass is 10.2. The van der Waals surface area contributed by atoms with Gasteiger partial charge in [-0.1, -0.05) is 11.6 Å². The molecular formula is C13H19Cl2N3O4S. The molecule has 10 heteroatoms. The third-order valence-electron chi connectivity index (χ3n) is 3.86. The molecule has 0 aromatic heterocycles. The van der Waals surface area contributed by atoms with Crippen LogP contribution >= 0.6 is 24.0 Å². The van der Waals surface area contributed by atoms with E-state index in [1.54, 1.807) is 7.05 Å². The molecule has 0 saturated carbocycles. The van der Waals surface area contributed by atoms with E-state index in [1.807, 2.05) is 0 Å². The van der Waals surface area contributed by atoms with Gasteiger partial charge >= 0.3 is 0 Å². The molecule has 1 atom stereocenters. The van der Waals surface area contributed by atoms with E-state index in [4.69, 9.17) is 11.6 Å². The van der Waals surface area contributed by atoms with Crippen LogP contribution < -0.4 is 5.32 Å². The second kappa shape index (κ2) is 7.76. The van der Waals surface area contributed by atoms with Gasteiger partial charge in [0.25, 0.3) is 5.69 Å². The van der Waals surface area contributed by atoms with E-state index in [2.05, 4.69) is 5.32 Å². The van der Waals surface area contributed by atoms with Crippen LogP contribution in [-0.2, 0) is 10.0 Å². The first-order chi connectivity index (χ1) is 10.3.